The summed E-state index contributed by atoms with van der Waals surface area (Å²) in [4.78, 5) is 0. The Morgan fingerprint density at radius 3 is 2.93 bits per heavy atom. The van der Waals surface area contributed by atoms with E-state index >= 15 is 0 Å². The van der Waals surface area contributed by atoms with Crippen molar-refractivity contribution in [3.8, 4) is 0 Å². The summed E-state index contributed by atoms with van der Waals surface area (Å²) in [6.07, 6.45) is 1.65. The van der Waals surface area contributed by atoms with E-state index in [0.29, 0.717) is 13.1 Å². The molecule has 0 atom stereocenters. The number of nitrogens with one attached hydrogen (secondary N) is 3. The van der Waals surface area contributed by atoms with Crippen LogP contribution in [0.25, 0.3) is 0 Å². The number of aromatic amines is 1. The molecule has 0 spiro atoms. The molecule has 0 saturated heterocycles. The molecule has 0 aliphatic rings. The van der Waals surface area contributed by atoms with E-state index in [4.69, 9.17) is 0 Å². The molecule has 1 rings (SSSR count). The molecule has 1 aromatic heterocycles. The highest BCUT2D eigenvalue weighted by molar-refractivity contribution is 7.89. The zero-order valence-corrected chi connectivity index (χ0v) is 8.76. The Morgan fingerprint density at radius 2 is 2.36 bits per heavy atom. The first kappa shape index (κ1) is 11.2. The molecule has 1 aromatic rings. The maximum atomic E-state index is 11.0. The van der Waals surface area contributed by atoms with Crippen LogP contribution in [-0.4, -0.2) is 38.0 Å². The van der Waals surface area contributed by atoms with Crippen LogP contribution in [0.2, 0.25) is 0 Å². The van der Waals surface area contributed by atoms with Crippen LogP contribution in [0.3, 0.4) is 0 Å². The van der Waals surface area contributed by atoms with Gasteiger partial charge in [-0.3, -0.25) is 5.10 Å². The topological polar surface area (TPSA) is 86.9 Å². The van der Waals surface area contributed by atoms with E-state index in [0.717, 1.165) is 5.69 Å². The lowest BCUT2D eigenvalue weighted by molar-refractivity contribution is 0.582. The van der Waals surface area contributed by atoms with Gasteiger partial charge in [0.1, 0.15) is 0 Å². The van der Waals surface area contributed by atoms with Crippen LogP contribution in [0.5, 0.6) is 0 Å². The number of sulfonamides is 1. The molecule has 0 bridgehead atoms. The summed E-state index contributed by atoms with van der Waals surface area (Å²) in [5, 5.41) is 9.53. The molecule has 0 aliphatic carbocycles. The summed E-state index contributed by atoms with van der Waals surface area (Å²) in [6.45, 7) is 1.02. The summed E-state index contributed by atoms with van der Waals surface area (Å²) in [7, 11) is -1.69. The predicted molar refractivity (Wildman–Crippen MR) is 53.1 cm³/mol. The minimum absolute atomic E-state index is 0.0810. The van der Waals surface area contributed by atoms with Gasteiger partial charge in [-0.1, -0.05) is 0 Å². The third-order valence-corrected chi connectivity index (χ3v) is 3.10. The smallest absolute Gasteiger partial charge is 0.212 e. The van der Waals surface area contributed by atoms with Crippen molar-refractivity contribution in [3.63, 3.8) is 0 Å². The zero-order chi connectivity index (χ0) is 10.4. The average Bonchev–Trinajstić information content (AvgIpc) is 2.65. The van der Waals surface area contributed by atoms with Gasteiger partial charge in [0.15, 0.2) is 0 Å². The fourth-order valence-electron chi connectivity index (χ4n) is 0.915. The van der Waals surface area contributed by atoms with E-state index in [1.54, 1.807) is 6.20 Å². The minimum atomic E-state index is -3.10. The minimum Gasteiger partial charge on any atom is -0.310 e. The van der Waals surface area contributed by atoms with E-state index in [1.165, 1.54) is 7.05 Å². The van der Waals surface area contributed by atoms with Crippen molar-refractivity contribution in [2.45, 2.75) is 6.54 Å². The van der Waals surface area contributed by atoms with Gasteiger partial charge in [-0.25, -0.2) is 13.1 Å². The van der Waals surface area contributed by atoms with Gasteiger partial charge < -0.3 is 5.32 Å². The molecule has 0 aromatic carbocycles. The van der Waals surface area contributed by atoms with Gasteiger partial charge in [-0.2, -0.15) is 5.10 Å². The fourth-order valence-corrected chi connectivity index (χ4v) is 1.53. The van der Waals surface area contributed by atoms with Crippen molar-refractivity contribution in [3.05, 3.63) is 18.0 Å². The van der Waals surface area contributed by atoms with Crippen LogP contribution < -0.4 is 10.0 Å². The van der Waals surface area contributed by atoms with E-state index < -0.39 is 10.0 Å². The largest absolute Gasteiger partial charge is 0.310 e. The molecule has 0 fully saturated rings. The highest BCUT2D eigenvalue weighted by Gasteiger charge is 2.05. The van der Waals surface area contributed by atoms with E-state index in [2.05, 4.69) is 20.2 Å². The average molecular weight is 218 g/mol. The molecule has 3 N–H and O–H groups in total. The lowest BCUT2D eigenvalue weighted by atomic mass is 10.4. The van der Waals surface area contributed by atoms with Gasteiger partial charge in [0.25, 0.3) is 0 Å². The number of hydrogen-bond donors (Lipinski definition) is 3. The second-order valence-electron chi connectivity index (χ2n) is 2.78. The van der Waals surface area contributed by atoms with Crippen molar-refractivity contribution in [2.24, 2.45) is 0 Å². The van der Waals surface area contributed by atoms with Crippen LogP contribution >= 0.6 is 0 Å². The SMILES string of the molecule is CNS(=O)(=O)CCNCc1ccn[nH]1. The number of hydrogen-bond acceptors (Lipinski definition) is 4. The van der Waals surface area contributed by atoms with E-state index in [9.17, 15) is 8.42 Å². The Bertz CT molecular complexity index is 346. The number of nitrogens with zero attached hydrogens (tertiary/aromatic N) is 1. The third-order valence-electron chi connectivity index (χ3n) is 1.73. The molecular formula is C7H14N4O2S. The van der Waals surface area contributed by atoms with Crippen LogP contribution in [0, 0.1) is 0 Å². The Morgan fingerprint density at radius 1 is 1.57 bits per heavy atom. The monoisotopic (exact) mass is 218 g/mol. The van der Waals surface area contributed by atoms with Crippen molar-refractivity contribution >= 4 is 10.0 Å². The molecule has 14 heavy (non-hydrogen) atoms. The van der Waals surface area contributed by atoms with Crippen molar-refractivity contribution in [1.29, 1.82) is 0 Å². The van der Waals surface area contributed by atoms with E-state index in [-0.39, 0.29) is 5.75 Å². The quantitative estimate of drug-likeness (QED) is 0.537. The van der Waals surface area contributed by atoms with Gasteiger partial charge in [0.05, 0.1) is 5.75 Å². The normalized spacial score (nSPS) is 11.8. The maximum Gasteiger partial charge on any atom is 0.212 e. The molecule has 0 unspecified atom stereocenters. The third kappa shape index (κ3) is 3.86. The Kier molecular flexibility index (Phi) is 4.05. The predicted octanol–water partition coefficient (Wildman–Crippen LogP) is -0.951. The van der Waals surface area contributed by atoms with Crippen LogP contribution in [0.15, 0.2) is 12.3 Å². The first-order chi connectivity index (χ1) is 6.64. The molecule has 0 amide bonds. The molecule has 6 nitrogen and oxygen atoms in total. The Hall–Kier alpha value is -0.920. The van der Waals surface area contributed by atoms with Gasteiger partial charge in [0.2, 0.25) is 10.0 Å². The molecular weight excluding hydrogens is 204 g/mol. The lowest BCUT2D eigenvalue weighted by Crippen LogP contribution is -2.29. The van der Waals surface area contributed by atoms with Crippen LogP contribution in [-0.2, 0) is 16.6 Å². The zero-order valence-electron chi connectivity index (χ0n) is 7.95. The maximum absolute atomic E-state index is 11.0. The van der Waals surface area contributed by atoms with Crippen molar-refractivity contribution < 1.29 is 8.42 Å². The highest BCUT2D eigenvalue weighted by atomic mass is 32.2. The summed E-state index contributed by atoms with van der Waals surface area (Å²) >= 11 is 0. The van der Waals surface area contributed by atoms with Crippen molar-refractivity contribution in [1.82, 2.24) is 20.2 Å². The second-order valence-corrected chi connectivity index (χ2v) is 4.83. The van der Waals surface area contributed by atoms with Gasteiger partial charge in [-0.15, -0.1) is 0 Å². The Labute approximate surface area is 83.1 Å². The summed E-state index contributed by atoms with van der Waals surface area (Å²) in [6, 6.07) is 1.83. The van der Waals surface area contributed by atoms with Crippen LogP contribution in [0.1, 0.15) is 5.69 Å². The number of aromatic nitrogens is 2. The second kappa shape index (κ2) is 5.08. The lowest BCUT2D eigenvalue weighted by Gasteiger charge is -2.03. The number of rotatable bonds is 6. The van der Waals surface area contributed by atoms with Gasteiger partial charge in [0, 0.05) is 25.0 Å². The number of H-pyrrole nitrogens is 1. The first-order valence-corrected chi connectivity index (χ1v) is 5.89. The summed E-state index contributed by atoms with van der Waals surface area (Å²) < 4.78 is 24.2. The highest BCUT2D eigenvalue weighted by Crippen LogP contribution is 1.89. The van der Waals surface area contributed by atoms with Crippen LogP contribution in [0.4, 0.5) is 0 Å². The van der Waals surface area contributed by atoms with Crippen molar-refractivity contribution in [2.75, 3.05) is 19.3 Å². The van der Waals surface area contributed by atoms with Gasteiger partial charge in [-0.05, 0) is 13.1 Å². The Balaban J connectivity index is 2.17. The molecule has 0 aliphatic heterocycles. The summed E-state index contributed by atoms with van der Waals surface area (Å²) in [5.74, 6) is 0.0810. The molecule has 7 heteroatoms. The van der Waals surface area contributed by atoms with E-state index in [1.807, 2.05) is 6.07 Å². The molecule has 0 saturated carbocycles. The molecule has 1 heterocycles. The van der Waals surface area contributed by atoms with Gasteiger partial charge >= 0.3 is 0 Å². The standard InChI is InChI=1S/C7H14N4O2S/c1-8-14(12,13)5-4-9-6-7-2-3-10-11-7/h2-3,8-9H,4-6H2,1H3,(H,10,11). The molecule has 80 valence electrons. The first-order valence-electron chi connectivity index (χ1n) is 4.24. The summed E-state index contributed by atoms with van der Waals surface area (Å²) in [5.41, 5.74) is 0.937. The molecule has 0 radical (unpaired) electrons. The fraction of sp³-hybridized carbons (Fsp3) is 0.571.